The minimum absolute atomic E-state index is 0. The van der Waals surface area contributed by atoms with E-state index in [-0.39, 0.29) is 188 Å². The molecule has 0 radical (unpaired) electrons. The van der Waals surface area contributed by atoms with Crippen molar-refractivity contribution in [2.45, 2.75) is 0 Å². The zero-order valence-corrected chi connectivity index (χ0v) is 53.6. The summed E-state index contributed by atoms with van der Waals surface area (Å²) in [5.41, 5.74) is 0. The SMILES string of the molecule is [O-2].[O-2].[O-2].[O-2].[O-2].[O-2].[O]=[Sb]([O-])([O-])[O-].[O]=[Sb]([O-])([O-])[O-].[O]=[Sb]([O-])([O-])[O-].[O]=[Sb]([O-])([O-])[O-].[O]=[Sb]([O-])([O-])[O-].[O]=[Sb]([O-])([O-])[O-].[U].[U].[U].[U].[U]. The van der Waals surface area contributed by atoms with Gasteiger partial charge in [0.05, 0.1) is 0 Å². The van der Waals surface area contributed by atoms with E-state index < -0.39 is 120 Å². The Labute approximate surface area is 378 Å². The van der Waals surface area contributed by atoms with Gasteiger partial charge in [-0.1, -0.05) is 0 Å². The van der Waals surface area contributed by atoms with E-state index in [4.69, 9.17) is 79.0 Å². The van der Waals surface area contributed by atoms with Gasteiger partial charge in [0.25, 0.3) is 0 Å². The van der Waals surface area contributed by atoms with Gasteiger partial charge in [-0.3, -0.25) is 0 Å². The zero-order valence-electron chi connectivity index (χ0n) is 17.4. The standard InChI is InChI=1S/30O.6Sb.5U/q;;;;;;6*-2;18*-1;;;;;;;;;;;. The van der Waals surface area contributed by atoms with E-state index in [1.165, 1.54) is 0 Å². The summed E-state index contributed by atoms with van der Waals surface area (Å²) in [6.07, 6.45) is 0. The Morgan fingerprint density at radius 2 is 0.195 bits per heavy atom. The third kappa shape index (κ3) is 1580. The van der Waals surface area contributed by atoms with E-state index in [1.807, 2.05) is 0 Å². The molecule has 0 aliphatic carbocycles. The van der Waals surface area contributed by atoms with Crippen LogP contribution in [0.1, 0.15) is 0 Å². The largest absolute Gasteiger partial charge is 0 e. The summed E-state index contributed by atoms with van der Waals surface area (Å²) in [5.74, 6) is 0. The van der Waals surface area contributed by atoms with Crippen LogP contribution >= 0.6 is 0 Å². The second-order valence-corrected chi connectivity index (χ2v) is 18.0. The average molecular weight is 2400 g/mol. The molecule has 0 bridgehead atoms. The van der Waals surface area contributed by atoms with Gasteiger partial charge < -0.3 is 32.9 Å². The summed E-state index contributed by atoms with van der Waals surface area (Å²) < 4.78 is 207. The second-order valence-electron chi connectivity index (χ2n) is 2.68. The minimum Gasteiger partial charge on any atom is 0 e. The number of hydrogen-bond acceptors (Lipinski definition) is 24. The van der Waals surface area contributed by atoms with Crippen LogP contribution in [0.3, 0.4) is 0 Å². The van der Waals surface area contributed by atoms with Crippen LogP contribution in [-0.2, 0) is 51.0 Å². The zero-order chi connectivity index (χ0) is 27.0. The minimum atomic E-state index is -6.10. The summed E-state index contributed by atoms with van der Waals surface area (Å²) in [6.45, 7) is 0. The Balaban J connectivity index is -0.0000000107. The molecule has 260 valence electrons. The van der Waals surface area contributed by atoms with E-state index in [9.17, 15) is 0 Å². The Hall–Kier alpha value is 8.01. The van der Waals surface area contributed by atoms with Crippen molar-refractivity contribution in [3.05, 3.63) is 0 Å². The smallest absolute Gasteiger partial charge is 0 e. The van der Waals surface area contributed by atoms with Crippen molar-refractivity contribution in [3.63, 3.8) is 0 Å². The second kappa shape index (κ2) is 54.8. The third-order valence-electron chi connectivity index (χ3n) is 0. The molecule has 0 rings (SSSR count). The molecule has 0 heterocycles. The van der Waals surface area contributed by atoms with E-state index in [2.05, 4.69) is 0 Å². The fraction of sp³-hybridized carbons (Fsp3) is 0. The van der Waals surface area contributed by atoms with Crippen molar-refractivity contribution in [2.24, 2.45) is 0 Å². The molecule has 0 amide bonds. The van der Waals surface area contributed by atoms with Crippen LogP contribution in [0.25, 0.3) is 0 Å². The number of rotatable bonds is 0. The summed E-state index contributed by atoms with van der Waals surface area (Å²) in [7, 11) is 0. The van der Waals surface area contributed by atoms with Gasteiger partial charge in [-0.15, -0.1) is 0 Å². The van der Waals surface area contributed by atoms with Crippen LogP contribution in [0.4, 0.5) is 0 Å². The first-order valence-corrected chi connectivity index (χ1v) is 29.4. The maximum Gasteiger partial charge on any atom is 0 e. The summed E-state index contributed by atoms with van der Waals surface area (Å²) >= 11 is -36.6. The molecular weight excluding hydrogens is 2400 g/mol. The molecule has 0 aromatic rings. The molecule has 0 spiro atoms. The van der Waals surface area contributed by atoms with Crippen LogP contribution in [0.15, 0.2) is 0 Å². The van der Waals surface area contributed by atoms with Crippen LogP contribution < -0.4 is 60.9 Å². The van der Waals surface area contributed by atoms with Gasteiger partial charge in [-0.2, -0.15) is 0 Å². The molecule has 30 nitrogen and oxygen atoms in total. The molecule has 41 heavy (non-hydrogen) atoms. The van der Waals surface area contributed by atoms with Crippen LogP contribution in [0.5, 0.6) is 0 Å². The molecule has 0 atom stereocenters. The van der Waals surface area contributed by atoms with Crippen molar-refractivity contribution in [3.8, 4) is 0 Å². The molecule has 0 saturated heterocycles. The van der Waals surface area contributed by atoms with Gasteiger partial charge in [-0.25, -0.2) is 0 Å². The van der Waals surface area contributed by atoms with Gasteiger partial charge in [-0.05, 0) is 0 Å². The van der Waals surface area contributed by atoms with E-state index in [0.29, 0.717) is 0 Å². The van der Waals surface area contributed by atoms with Crippen LogP contribution in [0, 0.1) is 156 Å². The van der Waals surface area contributed by atoms with E-state index in [0.717, 1.165) is 0 Å². The van der Waals surface area contributed by atoms with Crippen molar-refractivity contribution in [1.29, 1.82) is 0 Å². The molecule has 0 aliphatic heterocycles. The van der Waals surface area contributed by atoms with Crippen molar-refractivity contribution in [2.75, 3.05) is 0 Å². The maximum atomic E-state index is 8.64. The Morgan fingerprint density at radius 1 is 0.195 bits per heavy atom. The normalized spacial score (nSPS) is 8.63. The predicted molar refractivity (Wildman–Crippen MR) is 42.8 cm³/mol. The van der Waals surface area contributed by atoms with E-state index in [1.54, 1.807) is 0 Å². The van der Waals surface area contributed by atoms with Crippen LogP contribution in [-0.4, -0.2) is 120 Å². The maximum absolute atomic E-state index is 8.64. The Kier molecular flexibility index (Phi) is 147. The average Bonchev–Trinajstić information content (AvgIpc) is 1.94. The molecule has 0 aromatic carbocycles. The van der Waals surface area contributed by atoms with Gasteiger partial charge in [0.2, 0.25) is 0 Å². The van der Waals surface area contributed by atoms with Crippen molar-refractivity contribution >= 4 is 120 Å². The monoisotopic (exact) mass is 2400 g/mol. The first-order chi connectivity index (χ1) is 12.0. The first kappa shape index (κ1) is 110. The molecule has 0 saturated carbocycles. The molecular formula is O30Sb6U5-30. The summed E-state index contributed by atoms with van der Waals surface area (Å²) in [6, 6.07) is 0. The van der Waals surface area contributed by atoms with Gasteiger partial charge in [0.15, 0.2) is 0 Å². The predicted octanol–water partition coefficient (Wildman–Crippen LogP) is -25.1. The fourth-order valence-corrected chi connectivity index (χ4v) is 0. The Bertz CT molecular complexity index is 477. The van der Waals surface area contributed by atoms with E-state index >= 15 is 0 Å². The summed E-state index contributed by atoms with van der Waals surface area (Å²) in [5, 5.41) is 0. The van der Waals surface area contributed by atoms with Gasteiger partial charge >= 0.3 is 199 Å². The quantitative estimate of drug-likeness (QED) is 0.203. The molecule has 0 fully saturated rings. The fourth-order valence-electron chi connectivity index (χ4n) is 0. The number of hydrogen-bond donors (Lipinski definition) is 0. The van der Waals surface area contributed by atoms with Gasteiger partial charge in [0.1, 0.15) is 0 Å². The molecule has 0 unspecified atom stereocenters. The molecule has 41 heteroatoms. The molecule has 0 N–H and O–H groups in total. The molecule has 0 aliphatic rings. The summed E-state index contributed by atoms with van der Waals surface area (Å²) in [4.78, 5) is 0. The first-order valence-electron chi connectivity index (χ1n) is 4.38. The van der Waals surface area contributed by atoms with Crippen LogP contribution in [0.2, 0.25) is 0 Å². The Morgan fingerprint density at radius 3 is 0.195 bits per heavy atom. The molecule has 0 aromatic heterocycles. The van der Waals surface area contributed by atoms with Gasteiger partial charge in [0, 0.05) is 156 Å². The topological polar surface area (TPSA) is 688 Å². The van der Waals surface area contributed by atoms with Crippen molar-refractivity contribution in [1.82, 2.24) is 0 Å². The van der Waals surface area contributed by atoms with Crippen molar-refractivity contribution < 1.29 is 267 Å². The third-order valence-corrected chi connectivity index (χ3v) is 0.